The third kappa shape index (κ3) is 4.80. The highest BCUT2D eigenvalue weighted by atomic mass is 16.6. The van der Waals surface area contributed by atoms with Crippen LogP contribution in [0.15, 0.2) is 60.0 Å². The molecular weight excluding hydrogens is 480 g/mol. The quantitative estimate of drug-likeness (QED) is 0.266. The van der Waals surface area contributed by atoms with Crippen molar-refractivity contribution in [2.24, 2.45) is 0 Å². The van der Waals surface area contributed by atoms with E-state index in [0.717, 1.165) is 19.9 Å². The van der Waals surface area contributed by atoms with Gasteiger partial charge in [-0.25, -0.2) is 9.59 Å². The molecule has 0 saturated carbocycles. The first-order chi connectivity index (χ1) is 17.0. The molecule has 2 aromatic carbocycles. The second-order valence-corrected chi connectivity index (χ2v) is 7.40. The van der Waals surface area contributed by atoms with Gasteiger partial charge in [-0.15, -0.1) is 0 Å². The number of rotatable bonds is 8. The first-order valence-corrected chi connectivity index (χ1v) is 10.3. The molecular formula is C24H20O12. The van der Waals surface area contributed by atoms with Crippen LogP contribution >= 0.6 is 0 Å². The van der Waals surface area contributed by atoms with E-state index in [0.29, 0.717) is 0 Å². The number of aliphatic hydroxyl groups excluding tert-OH is 3. The van der Waals surface area contributed by atoms with Crippen LogP contribution in [0, 0.1) is 0 Å². The Morgan fingerprint density at radius 2 is 1.39 bits per heavy atom. The molecule has 2 aromatic rings. The van der Waals surface area contributed by atoms with Gasteiger partial charge in [-0.3, -0.25) is 14.4 Å². The Morgan fingerprint density at radius 3 is 1.92 bits per heavy atom. The number of benzene rings is 2. The average molecular weight is 500 g/mol. The van der Waals surface area contributed by atoms with E-state index >= 15 is 0 Å². The summed E-state index contributed by atoms with van der Waals surface area (Å²) in [6.45, 7) is 0.962. The molecule has 0 aliphatic carbocycles. The molecule has 12 heteroatoms. The Hall–Kier alpha value is -4.55. The topological polar surface area (TPSA) is 183 Å². The lowest BCUT2D eigenvalue weighted by molar-refractivity contribution is -0.156. The van der Waals surface area contributed by atoms with Gasteiger partial charge in [0.15, 0.2) is 0 Å². The van der Waals surface area contributed by atoms with E-state index in [1.54, 1.807) is 0 Å². The Labute approximate surface area is 203 Å². The Balaban J connectivity index is 2.13. The van der Waals surface area contributed by atoms with Gasteiger partial charge < -0.3 is 34.3 Å². The van der Waals surface area contributed by atoms with Crippen LogP contribution in [0.25, 0.3) is 0 Å². The van der Waals surface area contributed by atoms with Crippen molar-refractivity contribution in [3.8, 4) is 11.5 Å². The molecule has 1 aliphatic rings. The highest BCUT2D eigenvalue weighted by Gasteiger charge is 2.62. The number of para-hydroxylation sites is 2. The number of ether oxygens (including phenoxy) is 4. The normalized spacial score (nSPS) is 17.7. The molecule has 0 unspecified atom stereocenters. The van der Waals surface area contributed by atoms with Gasteiger partial charge in [-0.2, -0.15) is 0 Å². The van der Waals surface area contributed by atoms with Gasteiger partial charge in [0.05, 0.1) is 12.2 Å². The van der Waals surface area contributed by atoms with Gasteiger partial charge in [-0.1, -0.05) is 24.3 Å². The van der Waals surface area contributed by atoms with Crippen molar-refractivity contribution >= 4 is 29.7 Å². The Morgan fingerprint density at radius 1 is 0.889 bits per heavy atom. The fourth-order valence-electron chi connectivity index (χ4n) is 3.41. The van der Waals surface area contributed by atoms with Gasteiger partial charge in [0.1, 0.15) is 23.2 Å². The summed E-state index contributed by atoms with van der Waals surface area (Å²) in [6.07, 6.45) is -2.24. The van der Waals surface area contributed by atoms with Crippen molar-refractivity contribution in [1.29, 1.82) is 0 Å². The zero-order chi connectivity index (χ0) is 26.6. The molecule has 12 nitrogen and oxygen atoms in total. The van der Waals surface area contributed by atoms with Crippen LogP contribution in [0.3, 0.4) is 0 Å². The van der Waals surface area contributed by atoms with Crippen molar-refractivity contribution in [3.63, 3.8) is 0 Å². The van der Waals surface area contributed by atoms with Crippen molar-refractivity contribution in [2.45, 2.75) is 25.6 Å². The standard InChI is InChI=1S/C24H20O12/c1-12(26)33-16-9-5-3-7-14(16)20(30)24(18(28)11-25)21(19(29)23(32)36-24)35-22(31)15-8-4-6-10-17(15)34-13(2)27/h3-10,18,25,28-29H,11H2,1-2H3/t18-,24-/m0/s1. The first kappa shape index (κ1) is 26.1. The summed E-state index contributed by atoms with van der Waals surface area (Å²) >= 11 is 0. The van der Waals surface area contributed by atoms with Crippen LogP contribution in [0.1, 0.15) is 34.6 Å². The summed E-state index contributed by atoms with van der Waals surface area (Å²) in [5, 5.41) is 30.7. The number of hydrogen-bond acceptors (Lipinski definition) is 12. The molecule has 0 radical (unpaired) electrons. The smallest absolute Gasteiger partial charge is 0.378 e. The minimum Gasteiger partial charge on any atom is -0.499 e. The number of carbonyl (C=O) groups is 5. The molecule has 3 N–H and O–H groups in total. The number of aliphatic hydroxyl groups is 3. The number of esters is 4. The molecule has 36 heavy (non-hydrogen) atoms. The number of ketones is 1. The Bertz CT molecular complexity index is 1280. The molecule has 1 aliphatic heterocycles. The summed E-state index contributed by atoms with van der Waals surface area (Å²) in [6, 6.07) is 10.5. The van der Waals surface area contributed by atoms with Crippen molar-refractivity contribution in [2.75, 3.05) is 6.61 Å². The van der Waals surface area contributed by atoms with E-state index in [9.17, 15) is 39.3 Å². The zero-order valence-corrected chi connectivity index (χ0v) is 18.9. The van der Waals surface area contributed by atoms with E-state index in [1.807, 2.05) is 0 Å². The maximum atomic E-state index is 13.7. The second-order valence-electron chi connectivity index (χ2n) is 7.40. The van der Waals surface area contributed by atoms with Gasteiger partial charge in [0, 0.05) is 13.8 Å². The monoisotopic (exact) mass is 500 g/mol. The van der Waals surface area contributed by atoms with Gasteiger partial charge in [0.2, 0.25) is 17.3 Å². The number of cyclic esters (lactones) is 1. The number of carbonyl (C=O) groups excluding carboxylic acids is 5. The third-order valence-corrected chi connectivity index (χ3v) is 4.92. The van der Waals surface area contributed by atoms with E-state index < -0.39 is 65.1 Å². The molecule has 0 aromatic heterocycles. The van der Waals surface area contributed by atoms with Crippen molar-refractivity contribution in [3.05, 3.63) is 71.2 Å². The maximum absolute atomic E-state index is 13.7. The summed E-state index contributed by atoms with van der Waals surface area (Å²) in [5.41, 5.74) is -3.69. The Kier molecular flexibility index (Phi) is 7.51. The first-order valence-electron chi connectivity index (χ1n) is 10.3. The van der Waals surface area contributed by atoms with Crippen LogP contribution in [-0.2, 0) is 23.9 Å². The van der Waals surface area contributed by atoms with Gasteiger partial charge in [0.25, 0.3) is 5.60 Å². The lowest BCUT2D eigenvalue weighted by Crippen LogP contribution is -2.54. The predicted molar refractivity (Wildman–Crippen MR) is 117 cm³/mol. The largest absolute Gasteiger partial charge is 0.499 e. The molecule has 0 bridgehead atoms. The van der Waals surface area contributed by atoms with Gasteiger partial charge >= 0.3 is 23.9 Å². The van der Waals surface area contributed by atoms with Crippen LogP contribution in [0.2, 0.25) is 0 Å². The summed E-state index contributed by atoms with van der Waals surface area (Å²) in [7, 11) is 0. The summed E-state index contributed by atoms with van der Waals surface area (Å²) < 4.78 is 20.1. The molecule has 3 rings (SSSR count). The van der Waals surface area contributed by atoms with Crippen LogP contribution < -0.4 is 9.47 Å². The maximum Gasteiger partial charge on any atom is 0.378 e. The SMILES string of the molecule is CC(=O)Oc1ccccc1C(=O)OC1=C(O)C(=O)O[C@]1(C(=O)c1ccccc1OC(C)=O)[C@@H](O)CO. The predicted octanol–water partition coefficient (Wildman–Crippen LogP) is 0.995. The van der Waals surface area contributed by atoms with E-state index in [4.69, 9.17) is 18.9 Å². The average Bonchev–Trinajstić information content (AvgIpc) is 3.08. The molecule has 0 amide bonds. The van der Waals surface area contributed by atoms with Crippen molar-refractivity contribution in [1.82, 2.24) is 0 Å². The third-order valence-electron chi connectivity index (χ3n) is 4.92. The molecule has 0 fully saturated rings. The lowest BCUT2D eigenvalue weighted by atomic mass is 9.85. The number of Topliss-reactive ketones (excluding diaryl/α,β-unsaturated/α-hetero) is 1. The highest BCUT2D eigenvalue weighted by Crippen LogP contribution is 2.41. The molecule has 0 saturated heterocycles. The molecule has 2 atom stereocenters. The minimum atomic E-state index is -2.95. The van der Waals surface area contributed by atoms with E-state index in [2.05, 4.69) is 0 Å². The van der Waals surface area contributed by atoms with Gasteiger partial charge in [-0.05, 0) is 24.3 Å². The molecule has 188 valence electrons. The summed E-state index contributed by atoms with van der Waals surface area (Å²) in [4.78, 5) is 61.8. The second kappa shape index (κ2) is 10.4. The molecule has 0 spiro atoms. The minimum absolute atomic E-state index is 0.236. The van der Waals surface area contributed by atoms with Crippen LogP contribution in [0.4, 0.5) is 0 Å². The van der Waals surface area contributed by atoms with Crippen molar-refractivity contribution < 1.29 is 58.2 Å². The lowest BCUT2D eigenvalue weighted by Gasteiger charge is -2.31. The zero-order valence-electron chi connectivity index (χ0n) is 18.9. The van der Waals surface area contributed by atoms with Crippen LogP contribution in [-0.4, -0.2) is 63.3 Å². The van der Waals surface area contributed by atoms with E-state index in [1.165, 1.54) is 42.5 Å². The fraction of sp³-hybridized carbons (Fsp3) is 0.208. The fourth-order valence-corrected chi connectivity index (χ4v) is 3.41. The van der Waals surface area contributed by atoms with E-state index in [-0.39, 0.29) is 17.1 Å². The molecule has 1 heterocycles. The van der Waals surface area contributed by atoms with Crippen LogP contribution in [0.5, 0.6) is 11.5 Å². The summed E-state index contributed by atoms with van der Waals surface area (Å²) in [5.74, 6) is -8.69. The number of hydrogen-bond donors (Lipinski definition) is 3. The highest BCUT2D eigenvalue weighted by molar-refractivity contribution is 6.12.